The lowest BCUT2D eigenvalue weighted by molar-refractivity contribution is -0.122. The summed E-state index contributed by atoms with van der Waals surface area (Å²) in [6, 6.07) is 19.7. The molecule has 0 spiro atoms. The topological polar surface area (TPSA) is 46.6 Å². The molecule has 130 valence electrons. The molecule has 0 aliphatic carbocycles. The second kappa shape index (κ2) is 8.47. The molecule has 0 saturated carbocycles. The van der Waals surface area contributed by atoms with E-state index in [1.807, 2.05) is 48.5 Å². The second-order valence-electron chi connectivity index (χ2n) is 6.40. The van der Waals surface area contributed by atoms with Gasteiger partial charge in [0, 0.05) is 25.4 Å². The first kappa shape index (κ1) is 17.2. The van der Waals surface area contributed by atoms with Crippen LogP contribution in [0, 0.1) is 0 Å². The number of amides is 1. The zero-order chi connectivity index (χ0) is 17.5. The van der Waals surface area contributed by atoms with Crippen LogP contribution in [-0.2, 0) is 22.6 Å². The molecule has 1 aliphatic heterocycles. The highest BCUT2D eigenvalue weighted by Crippen LogP contribution is 2.21. The zero-order valence-electron chi connectivity index (χ0n) is 14.3. The van der Waals surface area contributed by atoms with Crippen LogP contribution in [0.5, 0.6) is 0 Å². The van der Waals surface area contributed by atoms with Gasteiger partial charge in [-0.1, -0.05) is 60.7 Å². The fourth-order valence-electron chi connectivity index (χ4n) is 3.18. The van der Waals surface area contributed by atoms with Gasteiger partial charge in [0.15, 0.2) is 0 Å². The lowest BCUT2D eigenvalue weighted by atomic mass is 9.95. The maximum Gasteiger partial charge on any atom is 0.410 e. The van der Waals surface area contributed by atoms with Crippen molar-refractivity contribution in [3.8, 4) is 0 Å². The summed E-state index contributed by atoms with van der Waals surface area (Å²) in [6.07, 6.45) is 2.14. The first-order chi connectivity index (χ1) is 12.2. The number of carbonyl (C=O) groups is 2. The highest BCUT2D eigenvalue weighted by atomic mass is 16.6. The molecule has 1 atom stereocenters. The van der Waals surface area contributed by atoms with E-state index in [4.69, 9.17) is 4.74 Å². The molecule has 1 saturated heterocycles. The van der Waals surface area contributed by atoms with Gasteiger partial charge in [-0.2, -0.15) is 0 Å². The molecule has 4 nitrogen and oxygen atoms in total. The molecular weight excluding hydrogens is 314 g/mol. The number of nitrogens with zero attached hydrogens (tertiary/aromatic N) is 1. The number of ether oxygens (including phenoxy) is 1. The molecule has 0 radical (unpaired) electrons. The minimum Gasteiger partial charge on any atom is -0.445 e. The highest BCUT2D eigenvalue weighted by Gasteiger charge is 2.31. The lowest BCUT2D eigenvalue weighted by Crippen LogP contribution is -2.46. The molecular formula is C21H23NO3. The number of carbonyl (C=O) groups excluding carboxylic acids is 2. The maximum absolute atomic E-state index is 12.5. The van der Waals surface area contributed by atoms with Crippen LogP contribution < -0.4 is 0 Å². The van der Waals surface area contributed by atoms with Gasteiger partial charge < -0.3 is 9.64 Å². The van der Waals surface area contributed by atoms with Gasteiger partial charge in [-0.25, -0.2) is 4.79 Å². The molecule has 2 aromatic carbocycles. The van der Waals surface area contributed by atoms with Crippen LogP contribution >= 0.6 is 0 Å². The van der Waals surface area contributed by atoms with E-state index in [-0.39, 0.29) is 24.5 Å². The van der Waals surface area contributed by atoms with E-state index in [2.05, 4.69) is 12.1 Å². The third kappa shape index (κ3) is 4.92. The number of aryl methyl sites for hydroxylation is 1. The van der Waals surface area contributed by atoms with Crippen molar-refractivity contribution < 1.29 is 14.3 Å². The Kier molecular flexibility index (Phi) is 5.83. The third-order valence-corrected chi connectivity index (χ3v) is 4.58. The summed E-state index contributed by atoms with van der Waals surface area (Å²) in [5.41, 5.74) is 2.18. The van der Waals surface area contributed by atoms with Crippen molar-refractivity contribution in [2.75, 3.05) is 6.54 Å². The first-order valence-electron chi connectivity index (χ1n) is 8.75. The Hall–Kier alpha value is -2.62. The van der Waals surface area contributed by atoms with Gasteiger partial charge in [0.25, 0.3) is 0 Å². The molecule has 1 fully saturated rings. The highest BCUT2D eigenvalue weighted by molar-refractivity contribution is 5.82. The molecule has 0 bridgehead atoms. The quantitative estimate of drug-likeness (QED) is 0.829. The molecule has 1 unspecified atom stereocenters. The Labute approximate surface area is 148 Å². The van der Waals surface area contributed by atoms with Crippen molar-refractivity contribution in [1.29, 1.82) is 0 Å². The number of ketones is 1. The predicted octanol–water partition coefficient (Wildman–Crippen LogP) is 3.99. The van der Waals surface area contributed by atoms with Gasteiger partial charge in [-0.3, -0.25) is 4.79 Å². The number of benzene rings is 2. The Bertz CT molecular complexity index is 700. The average molecular weight is 337 g/mol. The van der Waals surface area contributed by atoms with Crippen molar-refractivity contribution >= 4 is 11.9 Å². The van der Waals surface area contributed by atoms with Gasteiger partial charge in [0.2, 0.25) is 0 Å². The molecule has 0 N–H and O–H groups in total. The van der Waals surface area contributed by atoms with Crippen molar-refractivity contribution in [3.05, 3.63) is 71.8 Å². The van der Waals surface area contributed by atoms with Crippen LogP contribution in [0.4, 0.5) is 4.79 Å². The number of hydrogen-bond donors (Lipinski definition) is 0. The molecule has 1 aliphatic rings. The smallest absolute Gasteiger partial charge is 0.410 e. The largest absolute Gasteiger partial charge is 0.445 e. The van der Waals surface area contributed by atoms with Crippen molar-refractivity contribution in [3.63, 3.8) is 0 Å². The zero-order valence-corrected chi connectivity index (χ0v) is 14.3. The number of hydrogen-bond acceptors (Lipinski definition) is 3. The van der Waals surface area contributed by atoms with Crippen LogP contribution in [0.1, 0.15) is 30.4 Å². The van der Waals surface area contributed by atoms with Gasteiger partial charge >= 0.3 is 6.09 Å². The van der Waals surface area contributed by atoms with E-state index >= 15 is 0 Å². The molecule has 1 amide bonds. The predicted molar refractivity (Wildman–Crippen MR) is 96.1 cm³/mol. The molecule has 4 heteroatoms. The van der Waals surface area contributed by atoms with E-state index in [0.29, 0.717) is 19.4 Å². The monoisotopic (exact) mass is 337 g/mol. The van der Waals surface area contributed by atoms with Crippen LogP contribution in [-0.4, -0.2) is 29.4 Å². The van der Waals surface area contributed by atoms with Gasteiger partial charge in [-0.05, 0) is 24.0 Å². The Morgan fingerprint density at radius 1 is 1.00 bits per heavy atom. The van der Waals surface area contributed by atoms with Crippen LogP contribution in [0.2, 0.25) is 0 Å². The van der Waals surface area contributed by atoms with E-state index in [1.54, 1.807) is 4.90 Å². The fraction of sp³-hybridized carbons (Fsp3) is 0.333. The third-order valence-electron chi connectivity index (χ3n) is 4.58. The van der Waals surface area contributed by atoms with Gasteiger partial charge in [0.05, 0.1) is 0 Å². The number of likely N-dealkylation sites (tertiary alicyclic amines) is 1. The second-order valence-corrected chi connectivity index (χ2v) is 6.40. The van der Waals surface area contributed by atoms with Crippen molar-refractivity contribution in [2.45, 2.75) is 38.3 Å². The van der Waals surface area contributed by atoms with E-state index in [0.717, 1.165) is 18.4 Å². The minimum absolute atomic E-state index is 0.0790. The summed E-state index contributed by atoms with van der Waals surface area (Å²) >= 11 is 0. The van der Waals surface area contributed by atoms with Gasteiger partial charge in [0.1, 0.15) is 12.4 Å². The van der Waals surface area contributed by atoms with Crippen LogP contribution in [0.3, 0.4) is 0 Å². The fourth-order valence-corrected chi connectivity index (χ4v) is 3.18. The average Bonchev–Trinajstić information content (AvgIpc) is 2.66. The molecule has 0 aromatic heterocycles. The first-order valence-corrected chi connectivity index (χ1v) is 8.75. The van der Waals surface area contributed by atoms with Crippen LogP contribution in [0.25, 0.3) is 0 Å². The maximum atomic E-state index is 12.5. The lowest BCUT2D eigenvalue weighted by Gasteiger charge is -2.34. The Morgan fingerprint density at radius 2 is 1.64 bits per heavy atom. The SMILES string of the molecule is O=C1CCN(C(=O)OCc2ccccc2)C(CCc2ccccc2)C1. The Balaban J connectivity index is 1.58. The summed E-state index contributed by atoms with van der Waals surface area (Å²) in [6.45, 7) is 0.710. The number of piperidine rings is 1. The summed E-state index contributed by atoms with van der Waals surface area (Å²) in [4.78, 5) is 26.1. The van der Waals surface area contributed by atoms with Crippen molar-refractivity contribution in [1.82, 2.24) is 4.90 Å². The minimum atomic E-state index is -0.325. The molecule has 25 heavy (non-hydrogen) atoms. The van der Waals surface area contributed by atoms with E-state index in [1.165, 1.54) is 5.56 Å². The number of Topliss-reactive ketones (excluding diaryl/α,β-unsaturated/α-hetero) is 1. The molecule has 3 rings (SSSR count). The Morgan fingerprint density at radius 3 is 2.32 bits per heavy atom. The number of rotatable bonds is 5. The van der Waals surface area contributed by atoms with Crippen molar-refractivity contribution in [2.24, 2.45) is 0 Å². The standard InChI is InChI=1S/C21H23NO3/c23-20-13-14-22(21(24)25-16-18-9-5-2-6-10-18)19(15-20)12-11-17-7-3-1-4-8-17/h1-10,19H,11-16H2. The summed E-state index contributed by atoms with van der Waals surface area (Å²) in [5, 5.41) is 0. The molecule has 2 aromatic rings. The summed E-state index contributed by atoms with van der Waals surface area (Å²) in [5.74, 6) is 0.227. The van der Waals surface area contributed by atoms with Gasteiger partial charge in [-0.15, -0.1) is 0 Å². The summed E-state index contributed by atoms with van der Waals surface area (Å²) in [7, 11) is 0. The van der Waals surface area contributed by atoms with E-state index < -0.39 is 0 Å². The summed E-state index contributed by atoms with van der Waals surface area (Å²) < 4.78 is 5.46. The molecule has 1 heterocycles. The normalized spacial score (nSPS) is 17.4. The van der Waals surface area contributed by atoms with E-state index in [9.17, 15) is 9.59 Å². The van der Waals surface area contributed by atoms with Crippen LogP contribution in [0.15, 0.2) is 60.7 Å².